The van der Waals surface area contributed by atoms with Gasteiger partial charge in [0.1, 0.15) is 12.4 Å². The van der Waals surface area contributed by atoms with Gasteiger partial charge in [-0.1, -0.05) is 18.2 Å². The fraction of sp³-hybridized carbons (Fsp3) is 0.357. The SMILES string of the molecule is CCOCCOc1cc2ccccc2nc1C. The highest BCUT2D eigenvalue weighted by molar-refractivity contribution is 5.80. The molecule has 90 valence electrons. The van der Waals surface area contributed by atoms with Gasteiger partial charge in [-0.15, -0.1) is 0 Å². The summed E-state index contributed by atoms with van der Waals surface area (Å²) >= 11 is 0. The Morgan fingerprint density at radius 2 is 2.00 bits per heavy atom. The van der Waals surface area contributed by atoms with Crippen molar-refractivity contribution < 1.29 is 9.47 Å². The van der Waals surface area contributed by atoms with Crippen molar-refractivity contribution >= 4 is 10.9 Å². The van der Waals surface area contributed by atoms with Crippen LogP contribution < -0.4 is 4.74 Å². The lowest BCUT2D eigenvalue weighted by Gasteiger charge is -2.09. The lowest BCUT2D eigenvalue weighted by Crippen LogP contribution is -2.07. The Morgan fingerprint density at radius 3 is 2.82 bits per heavy atom. The van der Waals surface area contributed by atoms with Crippen LogP contribution in [-0.4, -0.2) is 24.8 Å². The predicted molar refractivity (Wildman–Crippen MR) is 68.5 cm³/mol. The molecule has 0 saturated carbocycles. The molecular weight excluding hydrogens is 214 g/mol. The molecule has 0 spiro atoms. The lowest BCUT2D eigenvalue weighted by atomic mass is 10.2. The molecule has 0 amide bonds. The van der Waals surface area contributed by atoms with Gasteiger partial charge >= 0.3 is 0 Å². The normalized spacial score (nSPS) is 10.7. The van der Waals surface area contributed by atoms with Gasteiger partial charge in [0.2, 0.25) is 0 Å². The number of benzene rings is 1. The van der Waals surface area contributed by atoms with E-state index >= 15 is 0 Å². The third-order valence-corrected chi connectivity index (χ3v) is 2.56. The Bertz CT molecular complexity index is 497. The molecule has 0 unspecified atom stereocenters. The molecule has 0 saturated heterocycles. The summed E-state index contributed by atoms with van der Waals surface area (Å²) in [7, 11) is 0. The summed E-state index contributed by atoms with van der Waals surface area (Å²) < 4.78 is 10.9. The predicted octanol–water partition coefficient (Wildman–Crippen LogP) is 2.96. The van der Waals surface area contributed by atoms with E-state index in [2.05, 4.69) is 4.98 Å². The van der Waals surface area contributed by atoms with E-state index in [-0.39, 0.29) is 0 Å². The minimum Gasteiger partial charge on any atom is -0.489 e. The molecule has 1 heterocycles. The first-order valence-corrected chi connectivity index (χ1v) is 5.88. The number of fused-ring (bicyclic) bond motifs is 1. The fourth-order valence-electron chi connectivity index (χ4n) is 1.69. The monoisotopic (exact) mass is 231 g/mol. The van der Waals surface area contributed by atoms with E-state index in [4.69, 9.17) is 9.47 Å². The van der Waals surface area contributed by atoms with Crippen LogP contribution in [0.25, 0.3) is 10.9 Å². The molecule has 1 aromatic heterocycles. The molecule has 0 atom stereocenters. The highest BCUT2D eigenvalue weighted by Gasteiger charge is 2.03. The summed E-state index contributed by atoms with van der Waals surface area (Å²) in [5.41, 5.74) is 1.92. The molecule has 0 N–H and O–H groups in total. The van der Waals surface area contributed by atoms with Gasteiger partial charge in [0.05, 0.1) is 17.8 Å². The van der Waals surface area contributed by atoms with Gasteiger partial charge in [0.15, 0.2) is 0 Å². The van der Waals surface area contributed by atoms with E-state index in [1.54, 1.807) is 0 Å². The number of hydrogen-bond donors (Lipinski definition) is 0. The molecule has 0 radical (unpaired) electrons. The molecule has 2 aromatic rings. The van der Waals surface area contributed by atoms with Crippen LogP contribution in [0.1, 0.15) is 12.6 Å². The molecule has 1 aromatic carbocycles. The molecular formula is C14H17NO2. The quantitative estimate of drug-likeness (QED) is 0.741. The van der Waals surface area contributed by atoms with E-state index in [1.807, 2.05) is 44.2 Å². The maximum Gasteiger partial charge on any atom is 0.141 e. The molecule has 3 heteroatoms. The van der Waals surface area contributed by atoms with Crippen molar-refractivity contribution in [2.45, 2.75) is 13.8 Å². The fourth-order valence-corrected chi connectivity index (χ4v) is 1.69. The zero-order valence-electron chi connectivity index (χ0n) is 10.3. The van der Waals surface area contributed by atoms with Gasteiger partial charge in [-0.2, -0.15) is 0 Å². The van der Waals surface area contributed by atoms with Crippen LogP contribution in [0, 0.1) is 6.92 Å². The van der Waals surface area contributed by atoms with Crippen LogP contribution in [0.3, 0.4) is 0 Å². The van der Waals surface area contributed by atoms with Crippen LogP contribution in [0.15, 0.2) is 30.3 Å². The number of rotatable bonds is 5. The Balaban J connectivity index is 2.14. The van der Waals surface area contributed by atoms with Crippen LogP contribution in [0.2, 0.25) is 0 Å². The Labute approximate surface area is 101 Å². The number of para-hydroxylation sites is 1. The Kier molecular flexibility index (Phi) is 3.94. The van der Waals surface area contributed by atoms with Crippen molar-refractivity contribution in [3.63, 3.8) is 0 Å². The first-order valence-electron chi connectivity index (χ1n) is 5.88. The second-order valence-corrected chi connectivity index (χ2v) is 3.81. The van der Waals surface area contributed by atoms with Gasteiger partial charge in [-0.05, 0) is 26.0 Å². The second kappa shape index (κ2) is 5.64. The summed E-state index contributed by atoms with van der Waals surface area (Å²) in [5, 5.41) is 1.10. The third kappa shape index (κ3) is 2.94. The van der Waals surface area contributed by atoms with Gasteiger partial charge < -0.3 is 9.47 Å². The molecule has 0 aliphatic carbocycles. The minimum atomic E-state index is 0.564. The Morgan fingerprint density at radius 1 is 1.18 bits per heavy atom. The zero-order chi connectivity index (χ0) is 12.1. The number of hydrogen-bond acceptors (Lipinski definition) is 3. The maximum atomic E-state index is 5.66. The lowest BCUT2D eigenvalue weighted by molar-refractivity contribution is 0.110. The topological polar surface area (TPSA) is 31.4 Å². The average molecular weight is 231 g/mol. The smallest absolute Gasteiger partial charge is 0.141 e. The summed E-state index contributed by atoms with van der Waals surface area (Å²) in [4.78, 5) is 4.51. The number of ether oxygens (including phenoxy) is 2. The molecule has 0 aliphatic rings. The van der Waals surface area contributed by atoms with Crippen LogP contribution in [-0.2, 0) is 4.74 Å². The van der Waals surface area contributed by atoms with Crippen molar-refractivity contribution in [3.8, 4) is 5.75 Å². The highest BCUT2D eigenvalue weighted by Crippen LogP contribution is 2.22. The van der Waals surface area contributed by atoms with E-state index in [0.717, 1.165) is 29.0 Å². The van der Waals surface area contributed by atoms with Crippen molar-refractivity contribution in [2.24, 2.45) is 0 Å². The number of pyridine rings is 1. The molecule has 3 nitrogen and oxygen atoms in total. The third-order valence-electron chi connectivity index (χ3n) is 2.56. The van der Waals surface area contributed by atoms with Gasteiger partial charge in [0.25, 0.3) is 0 Å². The van der Waals surface area contributed by atoms with Crippen molar-refractivity contribution in [3.05, 3.63) is 36.0 Å². The van der Waals surface area contributed by atoms with Crippen molar-refractivity contribution in [1.29, 1.82) is 0 Å². The van der Waals surface area contributed by atoms with Crippen LogP contribution in [0.5, 0.6) is 5.75 Å². The van der Waals surface area contributed by atoms with E-state index in [9.17, 15) is 0 Å². The molecule has 0 bridgehead atoms. The van der Waals surface area contributed by atoms with E-state index in [0.29, 0.717) is 13.2 Å². The number of aromatic nitrogens is 1. The van der Waals surface area contributed by atoms with Gasteiger partial charge in [-0.3, -0.25) is 0 Å². The van der Waals surface area contributed by atoms with E-state index < -0.39 is 0 Å². The highest BCUT2D eigenvalue weighted by atomic mass is 16.5. The summed E-state index contributed by atoms with van der Waals surface area (Å²) in [5.74, 6) is 0.836. The standard InChI is InChI=1S/C14H17NO2/c1-3-16-8-9-17-14-10-12-6-4-5-7-13(12)15-11(14)2/h4-7,10H,3,8-9H2,1-2H3. The van der Waals surface area contributed by atoms with Crippen molar-refractivity contribution in [2.75, 3.05) is 19.8 Å². The average Bonchev–Trinajstić information content (AvgIpc) is 2.35. The van der Waals surface area contributed by atoms with Gasteiger partial charge in [0, 0.05) is 12.0 Å². The first kappa shape index (κ1) is 11.9. The summed E-state index contributed by atoms with van der Waals surface area (Å²) in [6.07, 6.45) is 0. The summed E-state index contributed by atoms with van der Waals surface area (Å²) in [6, 6.07) is 10.1. The molecule has 2 rings (SSSR count). The zero-order valence-corrected chi connectivity index (χ0v) is 10.3. The molecule has 17 heavy (non-hydrogen) atoms. The molecule has 0 aliphatic heterocycles. The van der Waals surface area contributed by atoms with E-state index in [1.165, 1.54) is 0 Å². The Hall–Kier alpha value is -1.61. The maximum absolute atomic E-state index is 5.66. The largest absolute Gasteiger partial charge is 0.489 e. The summed E-state index contributed by atoms with van der Waals surface area (Å²) in [6.45, 7) is 5.83. The number of aryl methyl sites for hydroxylation is 1. The first-order chi connectivity index (χ1) is 8.31. The molecule has 0 fully saturated rings. The number of nitrogens with zero attached hydrogens (tertiary/aromatic N) is 1. The van der Waals surface area contributed by atoms with Crippen LogP contribution in [0.4, 0.5) is 0 Å². The van der Waals surface area contributed by atoms with Crippen molar-refractivity contribution in [1.82, 2.24) is 4.98 Å². The second-order valence-electron chi connectivity index (χ2n) is 3.81. The van der Waals surface area contributed by atoms with Crippen LogP contribution >= 0.6 is 0 Å². The van der Waals surface area contributed by atoms with Gasteiger partial charge in [-0.25, -0.2) is 4.98 Å². The minimum absolute atomic E-state index is 0.564.